The highest BCUT2D eigenvalue weighted by Crippen LogP contribution is 2.32. The monoisotopic (exact) mass is 288 g/mol. The van der Waals surface area contributed by atoms with Gasteiger partial charge in [0, 0.05) is 20.6 Å². The molecule has 1 fully saturated rings. The maximum Gasteiger partial charge on any atom is 0.150 e. The Balaban J connectivity index is 1.76. The first-order valence-corrected chi connectivity index (χ1v) is 7.18. The Kier molecular flexibility index (Phi) is 3.83. The summed E-state index contributed by atoms with van der Waals surface area (Å²) in [6.45, 7) is 3.70. The van der Waals surface area contributed by atoms with Crippen LogP contribution in [0.1, 0.15) is 36.0 Å². The summed E-state index contributed by atoms with van der Waals surface area (Å²) < 4.78 is 4.78. The number of aryl methyl sites for hydroxylation is 1. The first-order chi connectivity index (χ1) is 10.1. The molecule has 7 heteroatoms. The number of nitrogens with zero attached hydrogens (tertiary/aromatic N) is 6. The molecule has 0 amide bonds. The van der Waals surface area contributed by atoms with Gasteiger partial charge in [-0.3, -0.25) is 4.90 Å². The molecule has 2 aromatic heterocycles. The molecule has 1 atom stereocenters. The van der Waals surface area contributed by atoms with Gasteiger partial charge in [-0.15, -0.1) is 5.10 Å². The van der Waals surface area contributed by atoms with Gasteiger partial charge in [-0.1, -0.05) is 10.3 Å². The second kappa shape index (κ2) is 5.77. The number of anilines is 1. The van der Waals surface area contributed by atoms with Crippen molar-refractivity contribution >= 4 is 5.82 Å². The normalized spacial score (nSPS) is 19.1. The molecular formula is C14H20N6O. The van der Waals surface area contributed by atoms with E-state index in [0.717, 1.165) is 48.8 Å². The van der Waals surface area contributed by atoms with Crippen LogP contribution in [0.2, 0.25) is 0 Å². The molecule has 21 heavy (non-hydrogen) atoms. The summed E-state index contributed by atoms with van der Waals surface area (Å²) in [4.78, 5) is 4.32. The highest BCUT2D eigenvalue weighted by molar-refractivity contribution is 5.35. The van der Waals surface area contributed by atoms with E-state index in [1.54, 1.807) is 0 Å². The van der Waals surface area contributed by atoms with Crippen LogP contribution in [0.25, 0.3) is 0 Å². The predicted octanol–water partition coefficient (Wildman–Crippen LogP) is 1.57. The minimum atomic E-state index is 0.296. The van der Waals surface area contributed by atoms with Gasteiger partial charge in [0.15, 0.2) is 5.82 Å². The van der Waals surface area contributed by atoms with Crippen LogP contribution >= 0.6 is 0 Å². The molecule has 1 saturated heterocycles. The summed E-state index contributed by atoms with van der Waals surface area (Å²) >= 11 is 0. The second-order valence-corrected chi connectivity index (χ2v) is 5.64. The third kappa shape index (κ3) is 2.87. The van der Waals surface area contributed by atoms with Gasteiger partial charge < -0.3 is 4.90 Å². The molecule has 3 rings (SSSR count). The van der Waals surface area contributed by atoms with E-state index in [1.807, 2.05) is 32.0 Å². The molecule has 3 heterocycles. The molecular weight excluding hydrogens is 268 g/mol. The zero-order valence-corrected chi connectivity index (χ0v) is 12.7. The minimum absolute atomic E-state index is 0.296. The average molecular weight is 288 g/mol. The van der Waals surface area contributed by atoms with Crippen molar-refractivity contribution in [2.24, 2.45) is 0 Å². The van der Waals surface area contributed by atoms with Gasteiger partial charge in [0.1, 0.15) is 11.4 Å². The zero-order valence-electron chi connectivity index (χ0n) is 12.7. The number of aromatic nitrogens is 4. The van der Waals surface area contributed by atoms with Crippen LogP contribution in [-0.4, -0.2) is 46.1 Å². The first-order valence-electron chi connectivity index (χ1n) is 7.18. The second-order valence-electron chi connectivity index (χ2n) is 5.64. The number of hydrogen-bond acceptors (Lipinski definition) is 7. The summed E-state index contributed by atoms with van der Waals surface area (Å²) in [5.74, 6) is 0.875. The smallest absolute Gasteiger partial charge is 0.150 e. The Morgan fingerprint density at radius 1 is 1.29 bits per heavy atom. The Hall–Kier alpha value is -2.02. The van der Waals surface area contributed by atoms with Gasteiger partial charge in [-0.05, 0) is 38.4 Å². The van der Waals surface area contributed by atoms with Crippen LogP contribution in [0.15, 0.2) is 16.8 Å². The number of rotatable bonds is 4. The Bertz CT molecular complexity index is 594. The lowest BCUT2D eigenvalue weighted by atomic mass is 10.1. The van der Waals surface area contributed by atoms with Crippen LogP contribution in [0, 0.1) is 6.92 Å². The lowest BCUT2D eigenvalue weighted by Gasteiger charge is -2.23. The van der Waals surface area contributed by atoms with E-state index < -0.39 is 0 Å². The third-order valence-corrected chi connectivity index (χ3v) is 3.93. The maximum atomic E-state index is 4.78. The topological polar surface area (TPSA) is 71.2 Å². The third-order valence-electron chi connectivity index (χ3n) is 3.93. The van der Waals surface area contributed by atoms with E-state index in [4.69, 9.17) is 4.63 Å². The summed E-state index contributed by atoms with van der Waals surface area (Å²) in [7, 11) is 3.93. The predicted molar refractivity (Wildman–Crippen MR) is 77.8 cm³/mol. The van der Waals surface area contributed by atoms with Crippen molar-refractivity contribution < 1.29 is 4.63 Å². The van der Waals surface area contributed by atoms with E-state index in [-0.39, 0.29) is 0 Å². The number of hydrogen-bond donors (Lipinski definition) is 0. The van der Waals surface area contributed by atoms with Gasteiger partial charge in [-0.25, -0.2) is 4.63 Å². The Morgan fingerprint density at radius 3 is 2.76 bits per heavy atom. The van der Waals surface area contributed by atoms with Crippen molar-refractivity contribution in [3.8, 4) is 0 Å². The first kappa shape index (κ1) is 13.9. The molecule has 1 aliphatic rings. The molecule has 2 aromatic rings. The summed E-state index contributed by atoms with van der Waals surface area (Å²) in [6.07, 6.45) is 2.26. The quantitative estimate of drug-likeness (QED) is 0.845. The molecule has 0 saturated carbocycles. The zero-order chi connectivity index (χ0) is 14.8. The molecule has 0 bridgehead atoms. The average Bonchev–Trinajstić information content (AvgIpc) is 3.09. The highest BCUT2D eigenvalue weighted by atomic mass is 16.6. The SMILES string of the molecule is Cc1nonc1CN1CCCC1c1ccc(N(C)C)nn1. The van der Waals surface area contributed by atoms with E-state index in [1.165, 1.54) is 0 Å². The highest BCUT2D eigenvalue weighted by Gasteiger charge is 2.28. The van der Waals surface area contributed by atoms with Crippen LogP contribution < -0.4 is 4.90 Å². The fourth-order valence-electron chi connectivity index (χ4n) is 2.69. The van der Waals surface area contributed by atoms with Crippen molar-refractivity contribution in [2.45, 2.75) is 32.4 Å². The summed E-state index contributed by atoms with van der Waals surface area (Å²) in [6, 6.07) is 4.38. The van der Waals surface area contributed by atoms with Crippen LogP contribution in [0.3, 0.4) is 0 Å². The molecule has 1 aliphatic heterocycles. The van der Waals surface area contributed by atoms with Gasteiger partial charge in [0.05, 0.1) is 11.7 Å². The van der Waals surface area contributed by atoms with Gasteiger partial charge in [0.25, 0.3) is 0 Å². The summed E-state index contributed by atoms with van der Waals surface area (Å²) in [5.41, 5.74) is 2.78. The lowest BCUT2D eigenvalue weighted by Crippen LogP contribution is -2.24. The fraction of sp³-hybridized carbons (Fsp3) is 0.571. The number of likely N-dealkylation sites (tertiary alicyclic amines) is 1. The van der Waals surface area contributed by atoms with Crippen molar-refractivity contribution in [1.29, 1.82) is 0 Å². The summed E-state index contributed by atoms with van der Waals surface area (Å²) in [5, 5.41) is 16.5. The van der Waals surface area contributed by atoms with Crippen molar-refractivity contribution in [3.63, 3.8) is 0 Å². The van der Waals surface area contributed by atoms with Crippen molar-refractivity contribution in [3.05, 3.63) is 29.2 Å². The molecule has 0 aromatic carbocycles. The molecule has 7 nitrogen and oxygen atoms in total. The van der Waals surface area contributed by atoms with Crippen molar-refractivity contribution in [1.82, 2.24) is 25.4 Å². The molecule has 0 N–H and O–H groups in total. The van der Waals surface area contributed by atoms with Gasteiger partial charge in [0.2, 0.25) is 0 Å². The van der Waals surface area contributed by atoms with Crippen LogP contribution in [-0.2, 0) is 6.54 Å². The Morgan fingerprint density at radius 2 is 2.14 bits per heavy atom. The molecule has 0 spiro atoms. The van der Waals surface area contributed by atoms with E-state index in [2.05, 4.69) is 31.5 Å². The minimum Gasteiger partial charge on any atom is -0.361 e. The largest absolute Gasteiger partial charge is 0.361 e. The van der Waals surface area contributed by atoms with Gasteiger partial charge in [-0.2, -0.15) is 5.10 Å². The van der Waals surface area contributed by atoms with Crippen LogP contribution in [0.4, 0.5) is 5.82 Å². The van der Waals surface area contributed by atoms with Crippen molar-refractivity contribution in [2.75, 3.05) is 25.5 Å². The maximum absolute atomic E-state index is 4.78. The molecule has 0 radical (unpaired) electrons. The van der Waals surface area contributed by atoms with E-state index >= 15 is 0 Å². The standard InChI is InChI=1S/C14H20N6O/c1-10-12(18-21-17-10)9-20-8-4-5-13(20)11-6-7-14(16-15-11)19(2)3/h6-7,13H,4-5,8-9H2,1-3H3. The van der Waals surface area contributed by atoms with E-state index in [0.29, 0.717) is 6.04 Å². The molecule has 0 aliphatic carbocycles. The Labute approximate surface area is 123 Å². The lowest BCUT2D eigenvalue weighted by molar-refractivity contribution is 0.231. The molecule has 112 valence electrons. The molecule has 1 unspecified atom stereocenters. The van der Waals surface area contributed by atoms with Crippen LogP contribution in [0.5, 0.6) is 0 Å². The van der Waals surface area contributed by atoms with E-state index in [9.17, 15) is 0 Å². The fourth-order valence-corrected chi connectivity index (χ4v) is 2.69. The van der Waals surface area contributed by atoms with Gasteiger partial charge >= 0.3 is 0 Å².